The monoisotopic (exact) mass is 1450 g/mol. The summed E-state index contributed by atoms with van der Waals surface area (Å²) < 4.78 is 106. The van der Waals surface area contributed by atoms with E-state index < -0.39 is 135 Å². The maximum atomic E-state index is 14.8. The number of carbonyl (C=O) groups is 7. The first-order valence-electron chi connectivity index (χ1n) is 35.3. The third kappa shape index (κ3) is 14.8. The van der Waals surface area contributed by atoms with E-state index >= 15 is 0 Å². The van der Waals surface area contributed by atoms with Crippen molar-refractivity contribution in [3.8, 4) is 23.0 Å². The standard InChI is InChI=1S/C84H72O23/c1-3-25-65-92-47-63-69(100-65)71(103-77(87)51-31-15-7-16-32-51)73(105-79(89)53-35-19-9-20-36-53)82(98-63)94-45-56-61(96-75(85)49-27-11-5-12-28-49)43-41-59-67(56)102-68-57(62(97-76(86)50-29-13-6-14-30-50)44-42-60(68)84(59)58-40-24-23-39-55(58)81(91)107-84)46-95-83-74(106-80(90)54-37-21-10-22-38-54)72(104-78(88)52-33-17-8-18-34-52)70-64(99-83)48-93-66(101-70)26-4-2/h5-24,27-44,63-66,69-74,82-83H,3-4,25-26,45-48H2,1-2H3/t63-,64-,65?,66?,69?,70?,71+,72+,73-,74-,82-,83-,84?/m1/s1. The zero-order valence-electron chi connectivity index (χ0n) is 57.9. The minimum absolute atomic E-state index is 0.0390. The van der Waals surface area contributed by atoms with Crippen molar-refractivity contribution in [2.24, 2.45) is 0 Å². The van der Waals surface area contributed by atoms with E-state index in [0.717, 1.165) is 0 Å². The van der Waals surface area contributed by atoms with Gasteiger partial charge in [0.15, 0.2) is 55.2 Å². The van der Waals surface area contributed by atoms with Crippen LogP contribution < -0.4 is 14.2 Å². The van der Waals surface area contributed by atoms with Gasteiger partial charge in [0, 0.05) is 16.7 Å². The number of hydrogen-bond donors (Lipinski definition) is 0. The lowest BCUT2D eigenvalue weighted by molar-refractivity contribution is -0.359. The second-order valence-electron chi connectivity index (χ2n) is 26.0. The van der Waals surface area contributed by atoms with Crippen molar-refractivity contribution < 1.29 is 109 Å². The van der Waals surface area contributed by atoms with Crippen molar-refractivity contribution in [3.05, 3.63) is 297 Å². The van der Waals surface area contributed by atoms with Crippen molar-refractivity contribution in [2.75, 3.05) is 13.2 Å². The van der Waals surface area contributed by atoms with Crippen LogP contribution in [0.1, 0.15) is 140 Å². The van der Waals surface area contributed by atoms with Gasteiger partial charge in [-0.15, -0.1) is 0 Å². The largest absolute Gasteiger partial charge is 0.455 e. The fourth-order valence-corrected chi connectivity index (χ4v) is 13.9. The van der Waals surface area contributed by atoms with E-state index in [2.05, 4.69) is 0 Å². The third-order valence-corrected chi connectivity index (χ3v) is 19.1. The molecule has 9 aromatic carbocycles. The van der Waals surface area contributed by atoms with Crippen LogP contribution in [0.3, 0.4) is 0 Å². The number of ether oxygens (including phenoxy) is 16. The van der Waals surface area contributed by atoms with Gasteiger partial charge in [0.25, 0.3) is 0 Å². The summed E-state index contributed by atoms with van der Waals surface area (Å²) in [5, 5.41) is 0. The van der Waals surface area contributed by atoms with Gasteiger partial charge in [-0.25, -0.2) is 33.6 Å². The highest BCUT2D eigenvalue weighted by atomic mass is 16.8. The molecule has 4 unspecified atom stereocenters. The van der Waals surface area contributed by atoms with E-state index in [9.17, 15) is 33.6 Å². The summed E-state index contributed by atoms with van der Waals surface area (Å²) in [6.45, 7) is 2.39. The van der Waals surface area contributed by atoms with Crippen LogP contribution in [0.2, 0.25) is 0 Å². The smallest absolute Gasteiger partial charge is 0.343 e. The van der Waals surface area contributed by atoms with Crippen LogP contribution >= 0.6 is 0 Å². The Hall–Kier alpha value is -11.3. The molecule has 9 aromatic rings. The lowest BCUT2D eigenvalue weighted by Crippen LogP contribution is -2.65. The Morgan fingerprint density at radius 3 is 1.08 bits per heavy atom. The number of fused-ring (bicyclic) bond motifs is 8. The molecule has 6 aliphatic rings. The maximum Gasteiger partial charge on any atom is 0.343 e. The van der Waals surface area contributed by atoms with Crippen LogP contribution in [0.5, 0.6) is 23.0 Å². The number of benzene rings is 9. The second kappa shape index (κ2) is 31.8. The fraction of sp³-hybridized carbons (Fsp3) is 0.274. The zero-order chi connectivity index (χ0) is 73.5. The molecule has 4 fully saturated rings. The summed E-state index contributed by atoms with van der Waals surface area (Å²) in [7, 11) is 0. The molecule has 12 atom stereocenters. The summed E-state index contributed by atoms with van der Waals surface area (Å²) in [5.74, 6) is -6.26. The lowest BCUT2D eigenvalue weighted by Gasteiger charge is -2.48. The van der Waals surface area contributed by atoms with Gasteiger partial charge in [-0.2, -0.15) is 0 Å². The average molecular weight is 1450 g/mol. The second-order valence-corrected chi connectivity index (χ2v) is 26.0. The molecule has 4 saturated heterocycles. The van der Waals surface area contributed by atoms with Gasteiger partial charge in [0.1, 0.15) is 47.4 Å². The van der Waals surface area contributed by atoms with E-state index in [-0.39, 0.29) is 97.4 Å². The molecule has 0 N–H and O–H groups in total. The van der Waals surface area contributed by atoms with E-state index in [1.54, 1.807) is 218 Å². The fourth-order valence-electron chi connectivity index (χ4n) is 13.9. The lowest BCUT2D eigenvalue weighted by atomic mass is 9.76. The van der Waals surface area contributed by atoms with Gasteiger partial charge in [-0.05, 0) is 116 Å². The predicted molar refractivity (Wildman–Crippen MR) is 376 cm³/mol. The van der Waals surface area contributed by atoms with Crippen LogP contribution in [0, 0.1) is 0 Å². The van der Waals surface area contributed by atoms with E-state index in [1.165, 1.54) is 12.1 Å². The summed E-state index contributed by atoms with van der Waals surface area (Å²) in [6, 6.07) is 61.9. The highest BCUT2D eigenvalue weighted by Crippen LogP contribution is 2.60. The van der Waals surface area contributed by atoms with Gasteiger partial charge in [0.2, 0.25) is 0 Å². The Balaban J connectivity index is 0.883. The molecule has 23 nitrogen and oxygen atoms in total. The van der Waals surface area contributed by atoms with Crippen LogP contribution in [0.4, 0.5) is 0 Å². The number of hydrogen-bond acceptors (Lipinski definition) is 23. The van der Waals surface area contributed by atoms with Crippen LogP contribution in [0.25, 0.3) is 0 Å². The Bertz CT molecular complexity index is 4450. The van der Waals surface area contributed by atoms with Gasteiger partial charge in [-0.1, -0.05) is 154 Å². The predicted octanol–water partition coefficient (Wildman–Crippen LogP) is 13.2. The highest BCUT2D eigenvalue weighted by Gasteiger charge is 2.59. The molecule has 0 saturated carbocycles. The molecule has 15 rings (SSSR count). The Morgan fingerprint density at radius 1 is 0.383 bits per heavy atom. The summed E-state index contributed by atoms with van der Waals surface area (Å²) >= 11 is 0. The minimum atomic E-state index is -1.99. The molecule has 0 aromatic heterocycles. The van der Waals surface area contributed by atoms with E-state index in [1.807, 2.05) is 13.8 Å². The van der Waals surface area contributed by atoms with Crippen molar-refractivity contribution in [1.82, 2.24) is 0 Å². The number of carbonyl (C=O) groups excluding carboxylic acids is 7. The molecule has 23 heteroatoms. The van der Waals surface area contributed by atoms with Crippen LogP contribution in [0.15, 0.2) is 231 Å². The average Bonchev–Trinajstić information content (AvgIpc) is 1.61. The van der Waals surface area contributed by atoms with Crippen LogP contribution in [-0.4, -0.2) is 129 Å². The first-order valence-corrected chi connectivity index (χ1v) is 35.3. The number of rotatable bonds is 22. The first kappa shape index (κ1) is 71.4. The first-order chi connectivity index (χ1) is 52.3. The molecule has 546 valence electrons. The Labute approximate surface area is 614 Å². The molecule has 0 aliphatic carbocycles. The molecular formula is C84H72O23. The summed E-state index contributed by atoms with van der Waals surface area (Å²) in [6.07, 6.45) is -13.0. The van der Waals surface area contributed by atoms with E-state index in [4.69, 9.17) is 75.8 Å². The molecule has 6 heterocycles. The van der Waals surface area contributed by atoms with Crippen molar-refractivity contribution in [2.45, 2.75) is 132 Å². The molecule has 0 amide bonds. The van der Waals surface area contributed by atoms with Gasteiger partial charge < -0.3 is 75.8 Å². The summed E-state index contributed by atoms with van der Waals surface area (Å²) in [4.78, 5) is 102. The zero-order valence-corrected chi connectivity index (χ0v) is 57.9. The van der Waals surface area contributed by atoms with Gasteiger partial charge in [-0.3, -0.25) is 0 Å². The Morgan fingerprint density at radius 2 is 0.720 bits per heavy atom. The molecular weight excluding hydrogens is 1380 g/mol. The molecule has 6 aliphatic heterocycles. The Kier molecular flexibility index (Phi) is 21.2. The molecule has 1 spiro atoms. The topological polar surface area (TPSA) is 267 Å². The van der Waals surface area contributed by atoms with Crippen molar-refractivity contribution in [3.63, 3.8) is 0 Å². The van der Waals surface area contributed by atoms with Gasteiger partial charge in [0.05, 0.1) is 76.5 Å². The van der Waals surface area contributed by atoms with Crippen LogP contribution in [-0.2, 0) is 80.4 Å². The highest BCUT2D eigenvalue weighted by molar-refractivity contribution is 5.98. The quantitative estimate of drug-likeness (QED) is 0.0346. The van der Waals surface area contributed by atoms with E-state index in [0.29, 0.717) is 31.2 Å². The third-order valence-electron chi connectivity index (χ3n) is 19.1. The number of esters is 7. The SMILES string of the molecule is CCCC1OC[C@H]2O[C@@H](OCc3c(OC(=O)c4ccccc4)ccc4c3Oc3c(ccc(OC(=O)c5ccccc5)c3CO[C@@H]3O[C@@H]5COC(CCC)OC5[C@H](OC(=O)c5ccccc5)[C@H]3OC(=O)c3ccccc3)C43OC(=O)c4ccccc43)[C@H](OC(=O)c3ccccc3)[C@@H](OC(=O)c3ccccc3)C2O1. The molecule has 107 heavy (non-hydrogen) atoms. The summed E-state index contributed by atoms with van der Waals surface area (Å²) in [5.41, 5.74) is -0.334. The molecule has 0 bridgehead atoms. The normalized spacial score (nSPS) is 24.4. The van der Waals surface area contributed by atoms with Crippen molar-refractivity contribution >= 4 is 41.8 Å². The maximum absolute atomic E-state index is 14.8. The molecule has 0 radical (unpaired) electrons. The minimum Gasteiger partial charge on any atom is -0.455 e. The van der Waals surface area contributed by atoms with Gasteiger partial charge >= 0.3 is 41.8 Å². The van der Waals surface area contributed by atoms with Crippen molar-refractivity contribution in [1.29, 1.82) is 0 Å².